The summed E-state index contributed by atoms with van der Waals surface area (Å²) in [6.07, 6.45) is 3.85. The van der Waals surface area contributed by atoms with Crippen molar-refractivity contribution in [2.75, 3.05) is 6.54 Å². The van der Waals surface area contributed by atoms with Gasteiger partial charge in [0.2, 0.25) is 10.0 Å². The zero-order chi connectivity index (χ0) is 15.6. The Morgan fingerprint density at radius 2 is 1.90 bits per heavy atom. The largest absolute Gasteiger partial charge is 0.477 e. The van der Waals surface area contributed by atoms with Gasteiger partial charge in [0, 0.05) is 6.54 Å². The van der Waals surface area contributed by atoms with Gasteiger partial charge in [-0.3, -0.25) is 0 Å². The first-order valence-corrected chi connectivity index (χ1v) is 8.02. The second kappa shape index (κ2) is 6.07. The van der Waals surface area contributed by atoms with Gasteiger partial charge in [-0.05, 0) is 30.9 Å². The average Bonchev–Trinajstić information content (AvgIpc) is 2.88. The molecule has 0 atom stereocenters. The molecule has 2 rings (SSSR count). The number of benzene rings is 1. The molecule has 0 saturated heterocycles. The summed E-state index contributed by atoms with van der Waals surface area (Å²) in [5.41, 5.74) is -1.27. The summed E-state index contributed by atoms with van der Waals surface area (Å²) in [6, 6.07) is 1.37. The van der Waals surface area contributed by atoms with Crippen LogP contribution in [0.3, 0.4) is 0 Å². The number of nitrogens with one attached hydrogen (secondary N) is 1. The van der Waals surface area contributed by atoms with E-state index in [9.17, 15) is 22.0 Å². The lowest BCUT2D eigenvalue weighted by molar-refractivity contribution is 0.0685. The summed E-state index contributed by atoms with van der Waals surface area (Å²) in [7, 11) is -4.21. The molecule has 0 aromatic heterocycles. The second-order valence-corrected chi connectivity index (χ2v) is 6.78. The Morgan fingerprint density at radius 1 is 1.29 bits per heavy atom. The summed E-state index contributed by atoms with van der Waals surface area (Å²) < 4.78 is 53.5. The Balaban J connectivity index is 2.27. The molecule has 1 fully saturated rings. The number of hydrogen-bond donors (Lipinski definition) is 2. The van der Waals surface area contributed by atoms with E-state index in [1.807, 2.05) is 0 Å². The Kier molecular flexibility index (Phi) is 4.58. The van der Waals surface area contributed by atoms with Gasteiger partial charge in [0.1, 0.15) is 16.3 Å². The average molecular weight is 319 g/mol. The van der Waals surface area contributed by atoms with Crippen molar-refractivity contribution in [1.29, 1.82) is 0 Å². The van der Waals surface area contributed by atoms with Crippen LogP contribution in [0.15, 0.2) is 17.0 Å². The molecule has 1 aromatic carbocycles. The first-order valence-electron chi connectivity index (χ1n) is 6.54. The van der Waals surface area contributed by atoms with Crippen LogP contribution in [0.1, 0.15) is 36.0 Å². The van der Waals surface area contributed by atoms with Crippen molar-refractivity contribution in [2.45, 2.75) is 30.6 Å². The maximum atomic E-state index is 13.9. The van der Waals surface area contributed by atoms with Crippen LogP contribution in [0, 0.1) is 17.6 Å². The summed E-state index contributed by atoms with van der Waals surface area (Å²) in [5.74, 6) is -4.55. The summed E-state index contributed by atoms with van der Waals surface area (Å²) in [4.78, 5) is 9.95. The molecule has 2 N–H and O–H groups in total. The predicted octanol–water partition coefficient (Wildman–Crippen LogP) is 2.13. The highest BCUT2D eigenvalue weighted by Gasteiger charge is 2.27. The molecule has 21 heavy (non-hydrogen) atoms. The molecule has 0 unspecified atom stereocenters. The van der Waals surface area contributed by atoms with E-state index in [0.29, 0.717) is 6.07 Å². The van der Waals surface area contributed by atoms with Gasteiger partial charge in [0.15, 0.2) is 5.82 Å². The molecule has 1 aliphatic rings. The zero-order valence-electron chi connectivity index (χ0n) is 11.1. The van der Waals surface area contributed by atoms with Gasteiger partial charge in [-0.1, -0.05) is 12.8 Å². The van der Waals surface area contributed by atoms with Crippen LogP contribution < -0.4 is 4.72 Å². The normalized spacial score (nSPS) is 16.3. The van der Waals surface area contributed by atoms with E-state index >= 15 is 0 Å². The summed E-state index contributed by atoms with van der Waals surface area (Å²) in [6.45, 7) is 0.168. The van der Waals surface area contributed by atoms with E-state index in [2.05, 4.69) is 4.72 Å². The van der Waals surface area contributed by atoms with E-state index in [0.717, 1.165) is 31.7 Å². The highest BCUT2D eigenvalue weighted by Crippen LogP contribution is 2.25. The Hall–Kier alpha value is -1.54. The van der Waals surface area contributed by atoms with E-state index in [4.69, 9.17) is 5.11 Å². The van der Waals surface area contributed by atoms with Crippen LogP contribution in [-0.2, 0) is 10.0 Å². The maximum absolute atomic E-state index is 13.9. The van der Waals surface area contributed by atoms with Crippen molar-refractivity contribution < 1.29 is 27.1 Å². The SMILES string of the molecule is O=C(O)c1c(F)ccc(S(=O)(=O)NCC2CCCC2)c1F. The number of rotatable bonds is 5. The maximum Gasteiger partial charge on any atom is 0.341 e. The molecule has 1 aromatic rings. The number of carboxylic acid groups (broad SMARTS) is 1. The number of hydrogen-bond acceptors (Lipinski definition) is 3. The molecule has 1 aliphatic carbocycles. The van der Waals surface area contributed by atoms with Gasteiger partial charge in [0.25, 0.3) is 0 Å². The molecule has 0 aliphatic heterocycles. The van der Waals surface area contributed by atoms with Gasteiger partial charge < -0.3 is 5.11 Å². The van der Waals surface area contributed by atoms with Crippen LogP contribution >= 0.6 is 0 Å². The quantitative estimate of drug-likeness (QED) is 0.871. The molecule has 8 heteroatoms. The van der Waals surface area contributed by atoms with Crippen molar-refractivity contribution in [3.05, 3.63) is 29.3 Å². The first kappa shape index (κ1) is 15.8. The zero-order valence-corrected chi connectivity index (χ0v) is 11.9. The molecule has 0 heterocycles. The van der Waals surface area contributed by atoms with Crippen molar-refractivity contribution in [3.63, 3.8) is 0 Å². The van der Waals surface area contributed by atoms with E-state index in [1.165, 1.54) is 0 Å². The Labute approximate surface area is 121 Å². The van der Waals surface area contributed by atoms with E-state index in [1.54, 1.807) is 0 Å². The lowest BCUT2D eigenvalue weighted by Crippen LogP contribution is -2.29. The third kappa shape index (κ3) is 3.38. The Bertz CT molecular complexity index is 654. The van der Waals surface area contributed by atoms with Gasteiger partial charge in [-0.25, -0.2) is 26.7 Å². The minimum absolute atomic E-state index is 0.168. The third-order valence-electron chi connectivity index (χ3n) is 3.60. The lowest BCUT2D eigenvalue weighted by atomic mass is 10.1. The topological polar surface area (TPSA) is 83.5 Å². The van der Waals surface area contributed by atoms with E-state index in [-0.39, 0.29) is 12.5 Å². The first-order chi connectivity index (χ1) is 9.83. The van der Waals surface area contributed by atoms with Gasteiger partial charge in [-0.2, -0.15) is 0 Å². The van der Waals surface area contributed by atoms with Gasteiger partial charge in [-0.15, -0.1) is 0 Å². The van der Waals surface area contributed by atoms with Crippen LogP contribution in [0.2, 0.25) is 0 Å². The van der Waals surface area contributed by atoms with Crippen LogP contribution in [-0.4, -0.2) is 26.0 Å². The van der Waals surface area contributed by atoms with Crippen molar-refractivity contribution in [2.24, 2.45) is 5.92 Å². The molecule has 116 valence electrons. The monoisotopic (exact) mass is 319 g/mol. The standard InChI is InChI=1S/C13H15F2NO4S/c14-9-5-6-10(12(15)11(9)13(17)18)21(19,20)16-7-8-3-1-2-4-8/h5-6,8,16H,1-4,7H2,(H,17,18). The molecule has 0 bridgehead atoms. The molecule has 1 saturated carbocycles. The highest BCUT2D eigenvalue weighted by molar-refractivity contribution is 7.89. The van der Waals surface area contributed by atoms with Gasteiger partial charge in [0.05, 0.1) is 0 Å². The number of carbonyl (C=O) groups is 1. The molecule has 0 radical (unpaired) electrons. The van der Waals surface area contributed by atoms with E-state index < -0.39 is 38.1 Å². The fourth-order valence-electron chi connectivity index (χ4n) is 2.46. The summed E-state index contributed by atoms with van der Waals surface area (Å²) in [5, 5.41) is 8.74. The van der Waals surface area contributed by atoms with Gasteiger partial charge >= 0.3 is 5.97 Å². The number of halogens is 2. The van der Waals surface area contributed by atoms with Crippen LogP contribution in [0.25, 0.3) is 0 Å². The fourth-order valence-corrected chi connectivity index (χ4v) is 3.65. The van der Waals surface area contributed by atoms with Crippen molar-refractivity contribution in [3.8, 4) is 0 Å². The molecule has 0 spiro atoms. The summed E-state index contributed by atoms with van der Waals surface area (Å²) >= 11 is 0. The Morgan fingerprint density at radius 3 is 2.48 bits per heavy atom. The number of sulfonamides is 1. The lowest BCUT2D eigenvalue weighted by Gasteiger charge is -2.12. The predicted molar refractivity (Wildman–Crippen MR) is 70.5 cm³/mol. The smallest absolute Gasteiger partial charge is 0.341 e. The highest BCUT2D eigenvalue weighted by atomic mass is 32.2. The minimum Gasteiger partial charge on any atom is -0.477 e. The molecule has 5 nitrogen and oxygen atoms in total. The van der Waals surface area contributed by atoms with Crippen molar-refractivity contribution >= 4 is 16.0 Å². The van der Waals surface area contributed by atoms with Crippen LogP contribution in [0.5, 0.6) is 0 Å². The second-order valence-electron chi connectivity index (χ2n) is 5.04. The van der Waals surface area contributed by atoms with Crippen LogP contribution in [0.4, 0.5) is 8.78 Å². The fraction of sp³-hybridized carbons (Fsp3) is 0.462. The number of carboxylic acids is 1. The number of aromatic carboxylic acids is 1. The molecular weight excluding hydrogens is 304 g/mol. The van der Waals surface area contributed by atoms with Crippen molar-refractivity contribution in [1.82, 2.24) is 4.72 Å². The molecular formula is C13H15F2NO4S. The third-order valence-corrected chi connectivity index (χ3v) is 5.04. The molecule has 0 amide bonds. The minimum atomic E-state index is -4.21.